The van der Waals surface area contributed by atoms with E-state index in [4.69, 9.17) is 4.74 Å². The molecule has 0 aliphatic carbocycles. The van der Waals surface area contributed by atoms with E-state index >= 15 is 0 Å². The SMILES string of the molecule is ICC1C[n+]2ccccc2O1.I[I-]I. The third kappa shape index (κ3) is 4.39. The van der Waals surface area contributed by atoms with Crippen LogP contribution in [0.2, 0.25) is 0 Å². The van der Waals surface area contributed by atoms with Gasteiger partial charge in [0.2, 0.25) is 0 Å². The first-order chi connectivity index (χ1) is 6.81. The number of ether oxygens (including phenoxy) is 1. The quantitative estimate of drug-likeness (QED) is 0.238. The van der Waals surface area contributed by atoms with Crippen molar-refractivity contribution in [3.05, 3.63) is 24.4 Å². The van der Waals surface area contributed by atoms with E-state index in [1.807, 2.05) is 18.2 Å². The summed E-state index contributed by atoms with van der Waals surface area (Å²) in [6, 6.07) is 6.04. The Bertz CT molecular complexity index is 259. The molecule has 0 amide bonds. The van der Waals surface area contributed by atoms with E-state index in [9.17, 15) is 0 Å². The van der Waals surface area contributed by atoms with Gasteiger partial charge in [-0.25, -0.2) is 0 Å². The normalized spacial score (nSPS) is 18.1. The molecule has 0 aromatic carbocycles. The Hall–Kier alpha value is 1.87. The summed E-state index contributed by atoms with van der Waals surface area (Å²) in [4.78, 5) is 0. The van der Waals surface area contributed by atoms with Gasteiger partial charge in [0.25, 0.3) is 0 Å². The summed E-state index contributed by atoms with van der Waals surface area (Å²) in [6.45, 7) is 0.999. The number of halogens is 4. The average Bonchev–Trinajstić information content (AvgIpc) is 2.61. The Labute approximate surface area is 127 Å². The molecule has 2 heterocycles. The molecule has 2 nitrogen and oxygen atoms in total. The van der Waals surface area contributed by atoms with E-state index in [-0.39, 0.29) is 0 Å². The van der Waals surface area contributed by atoms with Crippen LogP contribution < -0.4 is 22.6 Å². The molecule has 14 heavy (non-hydrogen) atoms. The fourth-order valence-electron chi connectivity index (χ4n) is 1.23. The molecule has 2 rings (SSSR count). The van der Waals surface area contributed by atoms with Crippen LogP contribution in [0, 0.1) is 0 Å². The summed E-state index contributed by atoms with van der Waals surface area (Å²) in [5, 5.41) is 0. The second-order valence-electron chi connectivity index (χ2n) is 2.64. The zero-order chi connectivity index (χ0) is 10.4. The zero-order valence-corrected chi connectivity index (χ0v) is 15.8. The molecule has 6 heteroatoms. The molecule has 1 aromatic heterocycles. The maximum atomic E-state index is 5.61. The first-order valence-corrected chi connectivity index (χ1v) is 18.0. The number of hydrogen-bond acceptors (Lipinski definition) is 1. The van der Waals surface area contributed by atoms with Gasteiger partial charge in [-0.15, -0.1) is 0 Å². The summed E-state index contributed by atoms with van der Waals surface area (Å²) < 4.78 is 8.81. The van der Waals surface area contributed by atoms with Crippen molar-refractivity contribution in [2.45, 2.75) is 12.6 Å². The predicted octanol–water partition coefficient (Wildman–Crippen LogP) is -0.0545. The first-order valence-electron chi connectivity index (χ1n) is 3.90. The summed E-state index contributed by atoms with van der Waals surface area (Å²) in [7, 11) is 0. The van der Waals surface area contributed by atoms with Gasteiger partial charge in [-0.2, -0.15) is 4.57 Å². The molecule has 1 aliphatic rings. The standard InChI is InChI=1S/C8H9INO.I3/c9-5-7-6-10-4-2-1-3-8(10)11-7;1-3-2/h1-4,7H,5-6H2;/q+1;-1. The third-order valence-corrected chi connectivity index (χ3v) is 2.74. The summed E-state index contributed by atoms with van der Waals surface area (Å²) in [6.07, 6.45) is 2.43. The van der Waals surface area contributed by atoms with E-state index < -0.39 is 0 Å². The maximum absolute atomic E-state index is 5.61. The second-order valence-corrected chi connectivity index (χ2v) is 19.8. The third-order valence-electron chi connectivity index (χ3n) is 1.76. The molecule has 0 saturated carbocycles. The fraction of sp³-hybridized carbons (Fsp3) is 0.375. The summed E-state index contributed by atoms with van der Waals surface area (Å²) in [5.41, 5.74) is 0. The van der Waals surface area contributed by atoms with Gasteiger partial charge in [-0.3, -0.25) is 0 Å². The van der Waals surface area contributed by atoms with Crippen LogP contribution in [0.4, 0.5) is 0 Å². The number of pyridine rings is 1. The van der Waals surface area contributed by atoms with Crippen LogP contribution in [0.3, 0.4) is 0 Å². The van der Waals surface area contributed by atoms with E-state index in [1.54, 1.807) is 0 Å². The van der Waals surface area contributed by atoms with Crippen molar-refractivity contribution in [3.63, 3.8) is 0 Å². The van der Waals surface area contributed by atoms with Crippen molar-refractivity contribution in [3.8, 4) is 5.88 Å². The van der Waals surface area contributed by atoms with Crippen LogP contribution in [0.15, 0.2) is 24.4 Å². The van der Waals surface area contributed by atoms with Crippen LogP contribution in [-0.4, -0.2) is 10.5 Å². The fourth-order valence-corrected chi connectivity index (χ4v) is 1.68. The molecular weight excluding hydrogens is 634 g/mol. The molecule has 1 unspecified atom stereocenters. The van der Waals surface area contributed by atoms with E-state index in [1.165, 1.54) is 0 Å². The second kappa shape index (κ2) is 8.03. The Kier molecular flexibility index (Phi) is 8.00. The van der Waals surface area contributed by atoms with Gasteiger partial charge in [-0.1, -0.05) is 22.6 Å². The molecule has 0 spiro atoms. The van der Waals surface area contributed by atoms with E-state index in [2.05, 4.69) is 70.6 Å². The number of nitrogens with zero attached hydrogens (tertiary/aromatic N) is 1. The Balaban J connectivity index is 0.000000293. The van der Waals surface area contributed by atoms with Crippen molar-refractivity contribution in [2.24, 2.45) is 0 Å². The Morgan fingerprint density at radius 2 is 2.21 bits per heavy atom. The van der Waals surface area contributed by atoms with Crippen molar-refractivity contribution >= 4 is 59.8 Å². The van der Waals surface area contributed by atoms with Crippen LogP contribution in [0.25, 0.3) is 0 Å². The number of fused-ring (bicyclic) bond motifs is 1. The van der Waals surface area contributed by atoms with Gasteiger partial charge in [0.05, 0.1) is 6.07 Å². The van der Waals surface area contributed by atoms with Gasteiger partial charge in [0.1, 0.15) is 0 Å². The van der Waals surface area contributed by atoms with Crippen LogP contribution in [-0.2, 0) is 6.54 Å². The van der Waals surface area contributed by atoms with Gasteiger partial charge in [0.15, 0.2) is 18.8 Å². The molecule has 0 fully saturated rings. The Morgan fingerprint density at radius 1 is 1.50 bits per heavy atom. The molecule has 0 bridgehead atoms. The predicted molar refractivity (Wildman–Crippen MR) is 78.0 cm³/mol. The van der Waals surface area contributed by atoms with Gasteiger partial charge < -0.3 is 4.74 Å². The van der Waals surface area contributed by atoms with Gasteiger partial charge >= 0.3 is 56.4 Å². The summed E-state index contributed by atoms with van der Waals surface area (Å²) >= 11 is 7.65. The number of hydrogen-bond donors (Lipinski definition) is 0. The molecule has 1 aliphatic heterocycles. The molecule has 0 N–H and O–H groups in total. The molecule has 80 valence electrons. The van der Waals surface area contributed by atoms with E-state index in [0.29, 0.717) is 19.4 Å². The van der Waals surface area contributed by atoms with Crippen molar-refractivity contribution in [2.75, 3.05) is 4.43 Å². The van der Waals surface area contributed by atoms with Gasteiger partial charge in [-0.05, 0) is 6.07 Å². The summed E-state index contributed by atoms with van der Waals surface area (Å²) in [5.74, 6) is 0.995. The minimum atomic E-state index is 0.373. The molecular formula is C8H9I4NO. The van der Waals surface area contributed by atoms with Crippen molar-refractivity contribution in [1.29, 1.82) is 0 Å². The Morgan fingerprint density at radius 3 is 2.79 bits per heavy atom. The minimum absolute atomic E-state index is 0.373. The van der Waals surface area contributed by atoms with E-state index in [0.717, 1.165) is 16.9 Å². The monoisotopic (exact) mass is 643 g/mol. The zero-order valence-electron chi connectivity index (χ0n) is 7.17. The number of alkyl halides is 1. The molecule has 1 aromatic rings. The number of aromatic nitrogens is 1. The van der Waals surface area contributed by atoms with Crippen LogP contribution >= 0.6 is 59.8 Å². The molecule has 0 radical (unpaired) electrons. The molecule has 1 atom stereocenters. The van der Waals surface area contributed by atoms with Crippen LogP contribution in [0.1, 0.15) is 0 Å². The number of rotatable bonds is 1. The van der Waals surface area contributed by atoms with Crippen molar-refractivity contribution in [1.82, 2.24) is 0 Å². The van der Waals surface area contributed by atoms with Crippen LogP contribution in [0.5, 0.6) is 5.88 Å². The topological polar surface area (TPSA) is 13.1 Å². The average molecular weight is 643 g/mol. The van der Waals surface area contributed by atoms with Gasteiger partial charge in [0, 0.05) is 10.5 Å². The van der Waals surface area contributed by atoms with Crippen molar-refractivity contribution < 1.29 is 22.6 Å². The first kappa shape index (κ1) is 13.9. The molecule has 0 saturated heterocycles.